The van der Waals surface area contributed by atoms with E-state index in [0.717, 1.165) is 25.0 Å². The second kappa shape index (κ2) is 5.62. The maximum Gasteiger partial charge on any atom is 0.243 e. The minimum atomic E-state index is -3.98. The molecule has 0 unspecified atom stereocenters. The molecule has 1 aliphatic rings. The van der Waals surface area contributed by atoms with Crippen LogP contribution in [-0.4, -0.2) is 20.0 Å². The molecule has 0 heterocycles. The molecule has 4 nitrogen and oxygen atoms in total. The van der Waals surface area contributed by atoms with E-state index in [1.165, 1.54) is 0 Å². The molecule has 1 saturated carbocycles. The van der Waals surface area contributed by atoms with Crippen LogP contribution in [-0.2, 0) is 16.6 Å². The Morgan fingerprint density at radius 1 is 1.29 bits per heavy atom. The smallest absolute Gasteiger partial charge is 0.243 e. The van der Waals surface area contributed by atoms with Gasteiger partial charge < -0.3 is 5.32 Å². The van der Waals surface area contributed by atoms with E-state index < -0.39 is 32.1 Å². The van der Waals surface area contributed by atoms with Crippen molar-refractivity contribution in [1.82, 2.24) is 10.0 Å². The van der Waals surface area contributed by atoms with Crippen molar-refractivity contribution in [2.45, 2.75) is 56.6 Å². The second-order valence-corrected chi connectivity index (χ2v) is 7.69. The zero-order valence-electron chi connectivity index (χ0n) is 12.3. The van der Waals surface area contributed by atoms with Crippen molar-refractivity contribution in [2.75, 3.05) is 0 Å². The van der Waals surface area contributed by atoms with E-state index in [4.69, 9.17) is 0 Å². The Kier molecular flexibility index (Phi) is 4.37. The SMILES string of the molecule is CC(C)NCc1c(F)ccc(S(=O)(=O)NC2(C)CC2)c1F. The van der Waals surface area contributed by atoms with Gasteiger partial charge in [0.15, 0.2) is 5.82 Å². The topological polar surface area (TPSA) is 58.2 Å². The number of benzene rings is 1. The Bertz CT molecular complexity index is 641. The molecule has 21 heavy (non-hydrogen) atoms. The van der Waals surface area contributed by atoms with Gasteiger partial charge in [-0.2, -0.15) is 0 Å². The third kappa shape index (κ3) is 3.78. The van der Waals surface area contributed by atoms with Crippen molar-refractivity contribution in [3.8, 4) is 0 Å². The molecule has 0 saturated heterocycles. The van der Waals surface area contributed by atoms with Crippen LogP contribution in [0.5, 0.6) is 0 Å². The van der Waals surface area contributed by atoms with Gasteiger partial charge in [-0.15, -0.1) is 0 Å². The van der Waals surface area contributed by atoms with Crippen LogP contribution in [0.25, 0.3) is 0 Å². The van der Waals surface area contributed by atoms with Gasteiger partial charge in [-0.3, -0.25) is 0 Å². The highest BCUT2D eigenvalue weighted by Gasteiger charge is 2.42. The van der Waals surface area contributed by atoms with Crippen LogP contribution in [0.3, 0.4) is 0 Å². The van der Waals surface area contributed by atoms with Crippen LogP contribution in [0.4, 0.5) is 8.78 Å². The highest BCUT2D eigenvalue weighted by atomic mass is 32.2. The summed E-state index contributed by atoms with van der Waals surface area (Å²) < 4.78 is 55.0. The summed E-state index contributed by atoms with van der Waals surface area (Å²) in [7, 11) is -3.98. The molecule has 2 N–H and O–H groups in total. The van der Waals surface area contributed by atoms with Gasteiger partial charge in [0.1, 0.15) is 10.7 Å². The van der Waals surface area contributed by atoms with Gasteiger partial charge in [0, 0.05) is 23.7 Å². The van der Waals surface area contributed by atoms with E-state index in [1.54, 1.807) is 6.92 Å². The molecule has 0 spiro atoms. The fourth-order valence-electron chi connectivity index (χ4n) is 1.92. The predicted octanol–water partition coefficient (Wildman–Crippen LogP) is 2.29. The molecule has 2 rings (SSSR count). The highest BCUT2D eigenvalue weighted by Crippen LogP contribution is 2.36. The molecule has 0 atom stereocenters. The van der Waals surface area contributed by atoms with Crippen molar-refractivity contribution >= 4 is 10.0 Å². The average molecular weight is 318 g/mol. The summed E-state index contributed by atoms with van der Waals surface area (Å²) in [5, 5.41) is 2.89. The molecule has 0 amide bonds. The summed E-state index contributed by atoms with van der Waals surface area (Å²) >= 11 is 0. The van der Waals surface area contributed by atoms with Gasteiger partial charge in [-0.05, 0) is 31.9 Å². The van der Waals surface area contributed by atoms with Crippen LogP contribution < -0.4 is 10.0 Å². The number of sulfonamides is 1. The molecular weight excluding hydrogens is 298 g/mol. The number of hydrogen-bond acceptors (Lipinski definition) is 3. The maximum atomic E-state index is 14.4. The van der Waals surface area contributed by atoms with Crippen molar-refractivity contribution in [2.24, 2.45) is 0 Å². The Balaban J connectivity index is 2.34. The van der Waals surface area contributed by atoms with E-state index in [0.29, 0.717) is 0 Å². The fraction of sp³-hybridized carbons (Fsp3) is 0.571. The van der Waals surface area contributed by atoms with E-state index in [9.17, 15) is 17.2 Å². The Morgan fingerprint density at radius 2 is 1.90 bits per heavy atom. The first-order valence-electron chi connectivity index (χ1n) is 6.89. The number of rotatable bonds is 6. The van der Waals surface area contributed by atoms with Crippen LogP contribution in [0.2, 0.25) is 0 Å². The first-order valence-corrected chi connectivity index (χ1v) is 8.37. The van der Waals surface area contributed by atoms with Crippen LogP contribution in [0.1, 0.15) is 39.2 Å². The number of nitrogens with one attached hydrogen (secondary N) is 2. The Labute approximate surface area is 124 Å². The van der Waals surface area contributed by atoms with Gasteiger partial charge >= 0.3 is 0 Å². The normalized spacial score (nSPS) is 17.2. The van der Waals surface area contributed by atoms with Crippen LogP contribution >= 0.6 is 0 Å². The Morgan fingerprint density at radius 3 is 2.43 bits per heavy atom. The molecule has 0 aliphatic heterocycles. The summed E-state index contributed by atoms with van der Waals surface area (Å²) in [4.78, 5) is -0.502. The van der Waals surface area contributed by atoms with Gasteiger partial charge in [-0.1, -0.05) is 13.8 Å². The summed E-state index contributed by atoms with van der Waals surface area (Å²) in [5.41, 5.74) is -0.761. The van der Waals surface area contributed by atoms with E-state index >= 15 is 0 Å². The molecule has 0 aromatic heterocycles. The average Bonchev–Trinajstić information content (AvgIpc) is 3.04. The first kappa shape index (κ1) is 16.3. The third-order valence-corrected chi connectivity index (χ3v) is 5.16. The van der Waals surface area contributed by atoms with Gasteiger partial charge in [0.25, 0.3) is 0 Å². The zero-order chi connectivity index (χ0) is 15.8. The van der Waals surface area contributed by atoms with Gasteiger partial charge in [0.05, 0.1) is 0 Å². The minimum absolute atomic E-state index is 0.0348. The van der Waals surface area contributed by atoms with Crippen molar-refractivity contribution < 1.29 is 17.2 Å². The molecule has 118 valence electrons. The maximum absolute atomic E-state index is 14.4. The second-order valence-electron chi connectivity index (χ2n) is 6.04. The van der Waals surface area contributed by atoms with Gasteiger partial charge in [-0.25, -0.2) is 21.9 Å². The monoisotopic (exact) mass is 318 g/mol. The summed E-state index contributed by atoms with van der Waals surface area (Å²) in [6.45, 7) is 5.38. The standard InChI is InChI=1S/C14H20F2N2O2S/c1-9(2)17-8-10-11(15)4-5-12(13(10)16)21(19,20)18-14(3)6-7-14/h4-5,9,17-18H,6-8H2,1-3H3. The van der Waals surface area contributed by atoms with E-state index in [1.807, 2.05) is 13.8 Å². The molecule has 0 radical (unpaired) electrons. The molecule has 1 aliphatic carbocycles. The molecular formula is C14H20F2N2O2S. The lowest BCUT2D eigenvalue weighted by atomic mass is 10.2. The first-order chi connectivity index (χ1) is 9.65. The molecule has 1 fully saturated rings. The van der Waals surface area contributed by atoms with Crippen molar-refractivity contribution in [1.29, 1.82) is 0 Å². The lowest BCUT2D eigenvalue weighted by molar-refractivity contribution is 0.495. The fourth-order valence-corrected chi connectivity index (χ4v) is 3.49. The minimum Gasteiger partial charge on any atom is -0.310 e. The summed E-state index contributed by atoms with van der Waals surface area (Å²) in [6.07, 6.45) is 1.44. The van der Waals surface area contributed by atoms with Crippen molar-refractivity contribution in [3.63, 3.8) is 0 Å². The Hall–Kier alpha value is -1.05. The zero-order valence-corrected chi connectivity index (χ0v) is 13.2. The van der Waals surface area contributed by atoms with Crippen molar-refractivity contribution in [3.05, 3.63) is 29.3 Å². The lowest BCUT2D eigenvalue weighted by Crippen LogP contribution is -2.35. The largest absolute Gasteiger partial charge is 0.310 e. The van der Waals surface area contributed by atoms with Crippen LogP contribution in [0.15, 0.2) is 17.0 Å². The molecule has 0 bridgehead atoms. The molecule has 7 heteroatoms. The predicted molar refractivity (Wildman–Crippen MR) is 76.3 cm³/mol. The van der Waals surface area contributed by atoms with Gasteiger partial charge in [0.2, 0.25) is 10.0 Å². The van der Waals surface area contributed by atoms with E-state index in [2.05, 4.69) is 10.0 Å². The third-order valence-electron chi connectivity index (χ3n) is 3.51. The number of halogens is 2. The summed E-state index contributed by atoms with van der Waals surface area (Å²) in [5.74, 6) is -1.78. The molecule has 1 aromatic rings. The van der Waals surface area contributed by atoms with E-state index in [-0.39, 0.29) is 18.2 Å². The quantitative estimate of drug-likeness (QED) is 0.846. The molecule has 1 aromatic carbocycles. The number of hydrogen-bond donors (Lipinski definition) is 2. The van der Waals surface area contributed by atoms with Crippen LogP contribution in [0, 0.1) is 11.6 Å². The summed E-state index contributed by atoms with van der Waals surface area (Å²) in [6, 6.07) is 1.99. The highest BCUT2D eigenvalue weighted by molar-refractivity contribution is 7.89. The lowest BCUT2D eigenvalue weighted by Gasteiger charge is -2.15.